The number of imidazole rings is 1. The van der Waals surface area contributed by atoms with Crippen molar-refractivity contribution in [1.82, 2.24) is 25.6 Å². The van der Waals surface area contributed by atoms with Crippen LogP contribution in [0.3, 0.4) is 0 Å². The fourth-order valence-electron chi connectivity index (χ4n) is 5.72. The molecule has 36 heavy (non-hydrogen) atoms. The Morgan fingerprint density at radius 3 is 3.06 bits per heavy atom. The van der Waals surface area contributed by atoms with Crippen LogP contribution in [-0.4, -0.2) is 44.9 Å². The van der Waals surface area contributed by atoms with E-state index in [9.17, 15) is 9.59 Å². The van der Waals surface area contributed by atoms with Gasteiger partial charge < -0.3 is 20.4 Å². The van der Waals surface area contributed by atoms with Crippen molar-refractivity contribution in [1.29, 1.82) is 0 Å². The number of carbonyl (C=O) groups excluding carboxylic acids is 2. The van der Waals surface area contributed by atoms with Crippen molar-refractivity contribution < 1.29 is 14.3 Å². The predicted octanol–water partition coefficient (Wildman–Crippen LogP) is 4.09. The summed E-state index contributed by atoms with van der Waals surface area (Å²) in [4.78, 5) is 39.9. The number of hydrogen-bond acceptors (Lipinski definition) is 9. The summed E-state index contributed by atoms with van der Waals surface area (Å²) in [5.74, 6) is 0.123. The number of thiazole rings is 1. The van der Waals surface area contributed by atoms with Crippen LogP contribution >= 0.6 is 23.1 Å². The minimum atomic E-state index is -0.687. The highest BCUT2D eigenvalue weighted by atomic mass is 32.2. The van der Waals surface area contributed by atoms with Crippen LogP contribution in [0.4, 0.5) is 0 Å². The Labute approximate surface area is 218 Å². The lowest BCUT2D eigenvalue weighted by Crippen LogP contribution is -2.60. The van der Waals surface area contributed by atoms with E-state index in [1.165, 1.54) is 11.8 Å². The summed E-state index contributed by atoms with van der Waals surface area (Å²) in [5.41, 5.74) is 4.19. The van der Waals surface area contributed by atoms with Gasteiger partial charge in [0.05, 0.1) is 23.8 Å². The van der Waals surface area contributed by atoms with Crippen LogP contribution in [0.1, 0.15) is 62.2 Å². The summed E-state index contributed by atoms with van der Waals surface area (Å²) in [6, 6.07) is -0.562. The van der Waals surface area contributed by atoms with Gasteiger partial charge in [-0.25, -0.2) is 14.8 Å². The number of fused-ring (bicyclic) bond motifs is 2. The van der Waals surface area contributed by atoms with Gasteiger partial charge in [-0.1, -0.05) is 13.0 Å². The van der Waals surface area contributed by atoms with Gasteiger partial charge in [-0.15, -0.1) is 11.3 Å². The smallest absolute Gasteiger partial charge is 0.331 e. The standard InChI is InChI=1S/C26H29N5O3S2/c1-4-34-23(33)22-26(3)14(11-27-22)20(21-16(31-26)6-5-7-18(21)32)19-12-28-25(35-19)36-24-29-15-9-8-13(2)10-17(15)30-24/h8-9,11-13,20,22,27,31H,4-7,10H2,1-3H3,(H,29,30). The Morgan fingerprint density at radius 1 is 1.36 bits per heavy atom. The molecule has 4 aliphatic rings. The maximum atomic E-state index is 13.2. The molecule has 0 spiro atoms. The molecule has 4 unspecified atom stereocenters. The summed E-state index contributed by atoms with van der Waals surface area (Å²) in [6.45, 7) is 6.35. The fraction of sp³-hybridized carbons (Fsp3) is 0.462. The third-order valence-corrected chi connectivity index (χ3v) is 9.46. The molecule has 0 saturated heterocycles. The molecule has 2 aromatic heterocycles. The van der Waals surface area contributed by atoms with Crippen LogP contribution < -0.4 is 10.6 Å². The van der Waals surface area contributed by atoms with E-state index in [0.717, 1.165) is 61.9 Å². The van der Waals surface area contributed by atoms with Crippen molar-refractivity contribution in [2.45, 2.75) is 73.4 Å². The van der Waals surface area contributed by atoms with E-state index in [-0.39, 0.29) is 17.7 Å². The second-order valence-corrected chi connectivity index (χ2v) is 12.3. The Kier molecular flexibility index (Phi) is 5.83. The molecule has 0 saturated carbocycles. The highest BCUT2D eigenvalue weighted by molar-refractivity contribution is 8.00. The molecule has 0 amide bonds. The first-order valence-electron chi connectivity index (χ1n) is 12.5. The molecule has 8 nitrogen and oxygen atoms in total. The third-order valence-electron chi connectivity index (χ3n) is 7.44. The first-order chi connectivity index (χ1) is 17.4. The topological polar surface area (TPSA) is 109 Å². The van der Waals surface area contributed by atoms with Crippen LogP contribution in [0.25, 0.3) is 6.08 Å². The molecule has 0 bridgehead atoms. The molecule has 2 aromatic rings. The number of ketones is 1. The van der Waals surface area contributed by atoms with Gasteiger partial charge in [0, 0.05) is 34.5 Å². The summed E-state index contributed by atoms with van der Waals surface area (Å²) < 4.78 is 6.23. The molecular weight excluding hydrogens is 494 g/mol. The summed E-state index contributed by atoms with van der Waals surface area (Å²) >= 11 is 3.10. The molecule has 4 heterocycles. The lowest BCUT2D eigenvalue weighted by atomic mass is 9.70. The molecular formula is C26H29N5O3S2. The van der Waals surface area contributed by atoms with E-state index in [1.54, 1.807) is 11.3 Å². The van der Waals surface area contributed by atoms with Gasteiger partial charge >= 0.3 is 5.97 Å². The Morgan fingerprint density at radius 2 is 2.22 bits per heavy atom. The van der Waals surface area contributed by atoms with E-state index in [2.05, 4.69) is 34.7 Å². The number of esters is 1. The molecule has 3 N–H and O–H groups in total. The van der Waals surface area contributed by atoms with Gasteiger partial charge in [-0.2, -0.15) is 0 Å². The van der Waals surface area contributed by atoms with E-state index in [4.69, 9.17) is 14.7 Å². The lowest BCUT2D eigenvalue weighted by Gasteiger charge is -2.44. The molecule has 2 aliphatic carbocycles. The van der Waals surface area contributed by atoms with Gasteiger partial charge in [0.2, 0.25) is 0 Å². The number of aromatic nitrogens is 3. The van der Waals surface area contributed by atoms with E-state index in [0.29, 0.717) is 18.9 Å². The molecule has 2 aliphatic heterocycles. The number of hydrogen-bond donors (Lipinski definition) is 3. The van der Waals surface area contributed by atoms with Gasteiger partial charge in [0.1, 0.15) is 0 Å². The Bertz CT molecular complexity index is 1340. The van der Waals surface area contributed by atoms with Crippen LogP contribution in [0.5, 0.6) is 0 Å². The molecule has 0 fully saturated rings. The zero-order valence-electron chi connectivity index (χ0n) is 20.5. The number of H-pyrrole nitrogens is 1. The molecule has 0 radical (unpaired) electrons. The number of nitrogens with zero attached hydrogens (tertiary/aromatic N) is 2. The number of ether oxygens (including phenoxy) is 1. The maximum Gasteiger partial charge on any atom is 0.331 e. The van der Waals surface area contributed by atoms with Crippen LogP contribution in [0.2, 0.25) is 0 Å². The van der Waals surface area contributed by atoms with E-state index < -0.39 is 11.6 Å². The molecule has 4 atom stereocenters. The average Bonchev–Trinajstić information content (AvgIpc) is 3.54. The van der Waals surface area contributed by atoms with Crippen molar-refractivity contribution in [2.24, 2.45) is 5.92 Å². The first kappa shape index (κ1) is 23.5. The van der Waals surface area contributed by atoms with Crippen molar-refractivity contribution in [3.8, 4) is 0 Å². The highest BCUT2D eigenvalue weighted by Crippen LogP contribution is 2.50. The zero-order chi connectivity index (χ0) is 25.0. The SMILES string of the molecule is CCOC(=O)C1NC=C2C(c3cnc(Sc4nc5c([nH]4)CC(C)C=C5)s3)C3=C(CCCC3=O)NC21C. The monoisotopic (exact) mass is 523 g/mol. The van der Waals surface area contributed by atoms with Crippen molar-refractivity contribution in [3.63, 3.8) is 0 Å². The molecule has 10 heteroatoms. The summed E-state index contributed by atoms with van der Waals surface area (Å²) in [7, 11) is 0. The highest BCUT2D eigenvalue weighted by Gasteiger charge is 2.54. The number of carbonyl (C=O) groups is 2. The van der Waals surface area contributed by atoms with Gasteiger partial charge in [-0.05, 0) is 68.6 Å². The van der Waals surface area contributed by atoms with E-state index >= 15 is 0 Å². The quantitative estimate of drug-likeness (QED) is 0.503. The van der Waals surface area contributed by atoms with Crippen molar-refractivity contribution in [3.05, 3.63) is 51.6 Å². The third kappa shape index (κ3) is 3.82. The molecule has 6 rings (SSSR count). The van der Waals surface area contributed by atoms with Crippen LogP contribution in [0, 0.1) is 5.92 Å². The Hall–Kier alpha value is -2.85. The second kappa shape index (κ2) is 8.92. The van der Waals surface area contributed by atoms with Crippen molar-refractivity contribution >= 4 is 40.9 Å². The molecule has 0 aromatic carbocycles. The number of Topliss-reactive ketones (excluding diaryl/α,β-unsaturated/α-hetero) is 1. The minimum Gasteiger partial charge on any atom is -0.464 e. The van der Waals surface area contributed by atoms with Gasteiger partial charge in [0.25, 0.3) is 0 Å². The average molecular weight is 524 g/mol. The zero-order valence-corrected chi connectivity index (χ0v) is 22.1. The summed E-state index contributed by atoms with van der Waals surface area (Å²) in [5, 5.41) is 7.65. The van der Waals surface area contributed by atoms with Crippen molar-refractivity contribution in [2.75, 3.05) is 6.61 Å². The lowest BCUT2D eigenvalue weighted by molar-refractivity contribution is -0.146. The predicted molar refractivity (Wildman–Crippen MR) is 139 cm³/mol. The Balaban J connectivity index is 1.34. The number of aromatic amines is 1. The maximum absolute atomic E-state index is 13.2. The van der Waals surface area contributed by atoms with Gasteiger partial charge in [0.15, 0.2) is 21.3 Å². The first-order valence-corrected chi connectivity index (χ1v) is 14.1. The number of allylic oxidation sites excluding steroid dienone is 3. The van der Waals surface area contributed by atoms with Crippen LogP contribution in [0.15, 0.2) is 44.8 Å². The summed E-state index contributed by atoms with van der Waals surface area (Å²) in [6.07, 6.45) is 11.1. The van der Waals surface area contributed by atoms with Gasteiger partial charge in [-0.3, -0.25) is 4.79 Å². The normalized spacial score (nSPS) is 28.6. The number of rotatable bonds is 5. The largest absolute Gasteiger partial charge is 0.464 e. The second-order valence-electron chi connectivity index (χ2n) is 9.96. The fourth-order valence-corrected chi connectivity index (χ4v) is 7.78. The van der Waals surface area contributed by atoms with Crippen LogP contribution in [-0.2, 0) is 20.7 Å². The molecule has 188 valence electrons. The van der Waals surface area contributed by atoms with E-state index in [1.807, 2.05) is 26.2 Å². The number of nitrogens with one attached hydrogen (secondary N) is 3. The minimum absolute atomic E-state index is 0.165.